The highest BCUT2D eigenvalue weighted by Gasteiger charge is 2.14. The van der Waals surface area contributed by atoms with Crippen molar-refractivity contribution in [3.05, 3.63) is 188 Å². The number of fused-ring (bicyclic) bond motifs is 3. The molecule has 0 N–H and O–H groups in total. The zero-order valence-corrected chi connectivity index (χ0v) is 24.8. The fraction of sp³-hybridized carbons (Fsp3) is 0. The van der Waals surface area contributed by atoms with Gasteiger partial charge in [0.15, 0.2) is 0 Å². The van der Waals surface area contributed by atoms with Gasteiger partial charge in [-0.3, -0.25) is 0 Å². The minimum atomic E-state index is 1.12. The minimum absolute atomic E-state index is 1.12. The average molecular weight is 574 g/mol. The maximum absolute atomic E-state index is 2.33. The van der Waals surface area contributed by atoms with Crippen LogP contribution in [0.3, 0.4) is 0 Å². The molecule has 212 valence electrons. The largest absolute Gasteiger partial charge is 0.311 e. The normalized spacial score (nSPS) is 11.1. The Morgan fingerprint density at radius 2 is 0.600 bits per heavy atom. The third kappa shape index (κ3) is 5.26. The molecular weight excluding hydrogens is 542 g/mol. The summed E-state index contributed by atoms with van der Waals surface area (Å²) in [4.78, 5) is 2.33. The van der Waals surface area contributed by atoms with E-state index >= 15 is 0 Å². The standard InChI is InChI=1S/C44H31N/c1-3-9-32(10-4-1)34-19-25-40(26-20-34)45(41-27-21-35(22-28-41)33-11-5-2-6-12-33)42-29-23-36(24-30-42)39-18-17-38-16-15-37-13-7-8-14-43(37)44(38)31-39/h1-31H. The van der Waals surface area contributed by atoms with Crippen molar-refractivity contribution in [3.63, 3.8) is 0 Å². The van der Waals surface area contributed by atoms with E-state index in [0.29, 0.717) is 0 Å². The summed E-state index contributed by atoms with van der Waals surface area (Å²) in [7, 11) is 0. The Labute approximate surface area is 264 Å². The van der Waals surface area contributed by atoms with Gasteiger partial charge in [0, 0.05) is 17.1 Å². The van der Waals surface area contributed by atoms with E-state index in [1.54, 1.807) is 0 Å². The molecule has 0 saturated carbocycles. The van der Waals surface area contributed by atoms with E-state index in [9.17, 15) is 0 Å². The molecule has 0 heterocycles. The van der Waals surface area contributed by atoms with Crippen LogP contribution >= 0.6 is 0 Å². The second-order valence-electron chi connectivity index (χ2n) is 11.4. The number of anilines is 3. The zero-order chi connectivity index (χ0) is 30.0. The lowest BCUT2D eigenvalue weighted by atomic mass is 9.97. The molecule has 0 aliphatic carbocycles. The second-order valence-corrected chi connectivity index (χ2v) is 11.4. The summed E-state index contributed by atoms with van der Waals surface area (Å²) in [5, 5.41) is 5.11. The van der Waals surface area contributed by atoms with Crippen LogP contribution in [-0.4, -0.2) is 0 Å². The van der Waals surface area contributed by atoms with Gasteiger partial charge in [0.1, 0.15) is 0 Å². The van der Waals surface area contributed by atoms with E-state index in [0.717, 1.165) is 17.1 Å². The van der Waals surface area contributed by atoms with Gasteiger partial charge in [0.25, 0.3) is 0 Å². The molecule has 8 aromatic rings. The van der Waals surface area contributed by atoms with E-state index in [1.165, 1.54) is 54.9 Å². The van der Waals surface area contributed by atoms with Gasteiger partial charge in [-0.2, -0.15) is 0 Å². The van der Waals surface area contributed by atoms with Crippen LogP contribution < -0.4 is 4.90 Å². The van der Waals surface area contributed by atoms with Crippen molar-refractivity contribution in [2.45, 2.75) is 0 Å². The smallest absolute Gasteiger partial charge is 0.0462 e. The van der Waals surface area contributed by atoms with E-state index in [1.807, 2.05) is 0 Å². The van der Waals surface area contributed by atoms with E-state index < -0.39 is 0 Å². The van der Waals surface area contributed by atoms with Crippen LogP contribution in [0, 0.1) is 0 Å². The average Bonchev–Trinajstić information content (AvgIpc) is 3.13. The van der Waals surface area contributed by atoms with Crippen LogP contribution in [0.5, 0.6) is 0 Å². The number of nitrogens with zero attached hydrogens (tertiary/aromatic N) is 1. The van der Waals surface area contributed by atoms with Crippen LogP contribution in [0.25, 0.3) is 54.9 Å². The summed E-state index contributed by atoms with van der Waals surface area (Å²) < 4.78 is 0. The van der Waals surface area contributed by atoms with Crippen LogP contribution in [0.15, 0.2) is 188 Å². The van der Waals surface area contributed by atoms with Crippen LogP contribution in [0.2, 0.25) is 0 Å². The predicted molar refractivity (Wildman–Crippen MR) is 192 cm³/mol. The van der Waals surface area contributed by atoms with Gasteiger partial charge < -0.3 is 4.90 Å². The molecule has 1 nitrogen and oxygen atoms in total. The minimum Gasteiger partial charge on any atom is -0.311 e. The third-order valence-electron chi connectivity index (χ3n) is 8.67. The molecule has 45 heavy (non-hydrogen) atoms. The molecule has 0 bridgehead atoms. The SMILES string of the molecule is c1ccc(-c2ccc(N(c3ccc(-c4ccccc4)cc3)c3ccc(-c4ccc5ccc6ccccc6c5c4)cc3)cc2)cc1. The van der Waals surface area contributed by atoms with Crippen LogP contribution in [-0.2, 0) is 0 Å². The number of hydrogen-bond acceptors (Lipinski definition) is 1. The van der Waals surface area contributed by atoms with E-state index in [4.69, 9.17) is 0 Å². The summed E-state index contributed by atoms with van der Waals surface area (Å²) in [6.45, 7) is 0. The Kier molecular flexibility index (Phi) is 6.90. The molecule has 8 rings (SSSR count). The fourth-order valence-corrected chi connectivity index (χ4v) is 6.30. The highest BCUT2D eigenvalue weighted by atomic mass is 15.1. The molecule has 0 spiro atoms. The topological polar surface area (TPSA) is 3.24 Å². The molecule has 0 fully saturated rings. The maximum atomic E-state index is 2.33. The van der Waals surface area contributed by atoms with Crippen molar-refractivity contribution < 1.29 is 0 Å². The summed E-state index contributed by atoms with van der Waals surface area (Å²) in [6.07, 6.45) is 0. The first kappa shape index (κ1) is 26.7. The third-order valence-corrected chi connectivity index (χ3v) is 8.67. The van der Waals surface area contributed by atoms with Gasteiger partial charge in [-0.25, -0.2) is 0 Å². The summed E-state index contributed by atoms with van der Waals surface area (Å²) in [5.41, 5.74) is 10.6. The second kappa shape index (κ2) is 11.6. The van der Waals surface area contributed by atoms with Gasteiger partial charge in [0.2, 0.25) is 0 Å². The van der Waals surface area contributed by atoms with E-state index in [-0.39, 0.29) is 0 Å². The number of hydrogen-bond donors (Lipinski definition) is 0. The van der Waals surface area contributed by atoms with Crippen molar-refractivity contribution >= 4 is 38.6 Å². The Bertz CT molecular complexity index is 2130. The van der Waals surface area contributed by atoms with Gasteiger partial charge >= 0.3 is 0 Å². The van der Waals surface area contributed by atoms with Crippen molar-refractivity contribution in [3.8, 4) is 33.4 Å². The maximum Gasteiger partial charge on any atom is 0.0462 e. The van der Waals surface area contributed by atoms with Gasteiger partial charge in [-0.15, -0.1) is 0 Å². The van der Waals surface area contributed by atoms with E-state index in [2.05, 4.69) is 193 Å². The first-order chi connectivity index (χ1) is 22.3. The predicted octanol–water partition coefficient (Wildman–Crippen LogP) is 12.5. The summed E-state index contributed by atoms with van der Waals surface area (Å²) >= 11 is 0. The molecule has 0 atom stereocenters. The first-order valence-electron chi connectivity index (χ1n) is 15.4. The Morgan fingerprint density at radius 3 is 1.11 bits per heavy atom. The monoisotopic (exact) mass is 573 g/mol. The Morgan fingerprint density at radius 1 is 0.244 bits per heavy atom. The lowest BCUT2D eigenvalue weighted by Gasteiger charge is -2.26. The molecule has 0 saturated heterocycles. The van der Waals surface area contributed by atoms with Crippen molar-refractivity contribution in [2.24, 2.45) is 0 Å². The van der Waals surface area contributed by atoms with Gasteiger partial charge in [-0.1, -0.05) is 146 Å². The van der Waals surface area contributed by atoms with Crippen LogP contribution in [0.4, 0.5) is 17.1 Å². The molecule has 0 unspecified atom stereocenters. The molecule has 8 aromatic carbocycles. The fourth-order valence-electron chi connectivity index (χ4n) is 6.30. The summed E-state index contributed by atoms with van der Waals surface area (Å²) in [5.74, 6) is 0. The molecule has 0 radical (unpaired) electrons. The van der Waals surface area contributed by atoms with Crippen molar-refractivity contribution in [2.75, 3.05) is 4.90 Å². The zero-order valence-electron chi connectivity index (χ0n) is 24.8. The van der Waals surface area contributed by atoms with Crippen molar-refractivity contribution in [1.82, 2.24) is 0 Å². The molecule has 0 aliphatic rings. The Hall–Kier alpha value is -5.92. The quantitative estimate of drug-likeness (QED) is 0.179. The lowest BCUT2D eigenvalue weighted by molar-refractivity contribution is 1.28. The lowest BCUT2D eigenvalue weighted by Crippen LogP contribution is -2.09. The summed E-state index contributed by atoms with van der Waals surface area (Å²) in [6, 6.07) is 67.6. The highest BCUT2D eigenvalue weighted by Crippen LogP contribution is 2.38. The van der Waals surface area contributed by atoms with Gasteiger partial charge in [0.05, 0.1) is 0 Å². The number of rotatable bonds is 6. The highest BCUT2D eigenvalue weighted by molar-refractivity contribution is 6.08. The molecule has 1 heteroatoms. The first-order valence-corrected chi connectivity index (χ1v) is 15.4. The molecule has 0 aromatic heterocycles. The molecule has 0 aliphatic heterocycles. The molecule has 0 amide bonds. The molecular formula is C44H31N. The number of benzene rings is 8. The van der Waals surface area contributed by atoms with Crippen LogP contribution in [0.1, 0.15) is 0 Å². The van der Waals surface area contributed by atoms with Gasteiger partial charge in [-0.05, 0) is 97.4 Å². The van der Waals surface area contributed by atoms with Crippen molar-refractivity contribution in [1.29, 1.82) is 0 Å². The Balaban J connectivity index is 1.18.